The number of nitrogens with zero attached hydrogens (tertiary/aromatic N) is 1. The summed E-state index contributed by atoms with van der Waals surface area (Å²) in [4.78, 5) is 14.2. The minimum atomic E-state index is -0.259. The van der Waals surface area contributed by atoms with E-state index in [4.69, 9.17) is 5.73 Å². The Hall–Kier alpha value is -1.62. The average Bonchev–Trinajstić information content (AvgIpc) is 2.76. The van der Waals surface area contributed by atoms with Crippen LogP contribution in [0.4, 0.5) is 10.1 Å². The normalized spacial score (nSPS) is 15.8. The van der Waals surface area contributed by atoms with Gasteiger partial charge in [0.25, 0.3) is 0 Å². The number of carbonyl (C=O) groups is 1. The molecule has 1 aromatic carbocycles. The Morgan fingerprint density at radius 3 is 2.81 bits per heavy atom. The zero-order valence-electron chi connectivity index (χ0n) is 12.9. The zero-order chi connectivity index (χ0) is 15.6. The van der Waals surface area contributed by atoms with E-state index in [1.54, 1.807) is 0 Å². The molecule has 1 heterocycles. The average molecular weight is 293 g/mol. The van der Waals surface area contributed by atoms with Crippen molar-refractivity contribution in [1.82, 2.24) is 5.32 Å². The first kappa shape index (κ1) is 15.8. The number of nitrogens with one attached hydrogen (secondary N) is 1. The zero-order valence-corrected chi connectivity index (χ0v) is 12.9. The summed E-state index contributed by atoms with van der Waals surface area (Å²) >= 11 is 0. The SMILES string of the molecule is CC(C)(C)NC(=O)CC(CN)N1CCc2ccc(F)cc21. The molecule has 0 bridgehead atoms. The van der Waals surface area contributed by atoms with Crippen LogP contribution in [0.5, 0.6) is 0 Å². The van der Waals surface area contributed by atoms with E-state index in [1.807, 2.05) is 26.8 Å². The molecule has 1 aromatic rings. The number of anilines is 1. The van der Waals surface area contributed by atoms with Crippen LogP contribution in [-0.4, -0.2) is 30.6 Å². The van der Waals surface area contributed by atoms with Crippen LogP contribution in [0.15, 0.2) is 18.2 Å². The smallest absolute Gasteiger partial charge is 0.222 e. The Morgan fingerprint density at radius 1 is 1.48 bits per heavy atom. The molecule has 4 nitrogen and oxygen atoms in total. The summed E-state index contributed by atoms with van der Waals surface area (Å²) in [7, 11) is 0. The molecule has 1 aliphatic rings. The fourth-order valence-corrected chi connectivity index (χ4v) is 2.76. The molecule has 3 N–H and O–H groups in total. The molecular weight excluding hydrogens is 269 g/mol. The van der Waals surface area contributed by atoms with Gasteiger partial charge in [0, 0.05) is 36.8 Å². The predicted octanol–water partition coefficient (Wildman–Crippen LogP) is 1.82. The van der Waals surface area contributed by atoms with Gasteiger partial charge < -0.3 is 16.0 Å². The first-order valence-corrected chi connectivity index (χ1v) is 7.36. The lowest BCUT2D eigenvalue weighted by Gasteiger charge is -2.30. The third-order valence-electron chi connectivity index (χ3n) is 3.63. The van der Waals surface area contributed by atoms with Crippen LogP contribution in [0, 0.1) is 5.82 Å². The van der Waals surface area contributed by atoms with E-state index < -0.39 is 0 Å². The summed E-state index contributed by atoms with van der Waals surface area (Å²) in [5, 5.41) is 2.95. The van der Waals surface area contributed by atoms with Gasteiger partial charge in [-0.1, -0.05) is 6.07 Å². The molecule has 2 rings (SSSR count). The lowest BCUT2D eigenvalue weighted by molar-refractivity contribution is -0.122. The van der Waals surface area contributed by atoms with Gasteiger partial charge in [-0.3, -0.25) is 4.79 Å². The number of fused-ring (bicyclic) bond motifs is 1. The summed E-state index contributed by atoms with van der Waals surface area (Å²) < 4.78 is 13.5. The van der Waals surface area contributed by atoms with E-state index >= 15 is 0 Å². The summed E-state index contributed by atoms with van der Waals surface area (Å²) in [5.41, 5.74) is 7.57. The van der Waals surface area contributed by atoms with Gasteiger partial charge in [0.15, 0.2) is 0 Å². The van der Waals surface area contributed by atoms with Crippen LogP contribution in [0.1, 0.15) is 32.8 Å². The van der Waals surface area contributed by atoms with Crippen LogP contribution in [-0.2, 0) is 11.2 Å². The number of carbonyl (C=O) groups excluding carboxylic acids is 1. The lowest BCUT2D eigenvalue weighted by Crippen LogP contribution is -2.47. The Labute approximate surface area is 125 Å². The Kier molecular flexibility index (Phi) is 4.52. The molecule has 0 saturated heterocycles. The summed E-state index contributed by atoms with van der Waals surface area (Å²) in [6, 6.07) is 4.72. The molecule has 0 fully saturated rings. The summed E-state index contributed by atoms with van der Waals surface area (Å²) in [6.07, 6.45) is 1.19. The molecule has 0 radical (unpaired) electrons. The number of nitrogens with two attached hydrogens (primary N) is 1. The van der Waals surface area contributed by atoms with E-state index in [0.717, 1.165) is 24.2 Å². The molecule has 5 heteroatoms. The van der Waals surface area contributed by atoms with Crippen LogP contribution in [0.2, 0.25) is 0 Å². The van der Waals surface area contributed by atoms with Crippen molar-refractivity contribution in [2.75, 3.05) is 18.0 Å². The third kappa shape index (κ3) is 3.94. The second-order valence-corrected chi connectivity index (χ2v) is 6.61. The highest BCUT2D eigenvalue weighted by molar-refractivity contribution is 5.78. The first-order chi connectivity index (χ1) is 9.80. The molecular formula is C16H24FN3O. The van der Waals surface area contributed by atoms with Crippen molar-refractivity contribution in [2.24, 2.45) is 5.73 Å². The topological polar surface area (TPSA) is 58.4 Å². The number of rotatable bonds is 4. The van der Waals surface area contributed by atoms with E-state index in [0.29, 0.717) is 13.0 Å². The molecule has 1 amide bonds. The van der Waals surface area contributed by atoms with Crippen LogP contribution >= 0.6 is 0 Å². The Bertz CT molecular complexity index is 525. The van der Waals surface area contributed by atoms with Crippen molar-refractivity contribution < 1.29 is 9.18 Å². The summed E-state index contributed by atoms with van der Waals surface area (Å²) in [6.45, 7) is 6.99. The van der Waals surface area contributed by atoms with Crippen molar-refractivity contribution in [3.05, 3.63) is 29.6 Å². The fourth-order valence-electron chi connectivity index (χ4n) is 2.76. The highest BCUT2D eigenvalue weighted by Gasteiger charge is 2.28. The molecule has 21 heavy (non-hydrogen) atoms. The maximum atomic E-state index is 13.5. The standard InChI is InChI=1S/C16H24FN3O/c1-16(2,3)19-15(21)9-13(10-18)20-7-6-11-4-5-12(17)8-14(11)20/h4-5,8,13H,6-7,9-10,18H2,1-3H3,(H,19,21). The Morgan fingerprint density at radius 2 is 2.19 bits per heavy atom. The molecule has 1 atom stereocenters. The molecule has 0 aromatic heterocycles. The highest BCUT2D eigenvalue weighted by Crippen LogP contribution is 2.30. The lowest BCUT2D eigenvalue weighted by atomic mass is 10.1. The number of hydrogen-bond acceptors (Lipinski definition) is 3. The van der Waals surface area contributed by atoms with Crippen LogP contribution < -0.4 is 16.0 Å². The molecule has 1 unspecified atom stereocenters. The van der Waals surface area contributed by atoms with Gasteiger partial charge >= 0.3 is 0 Å². The number of hydrogen-bond donors (Lipinski definition) is 2. The van der Waals surface area contributed by atoms with E-state index in [2.05, 4.69) is 10.2 Å². The van der Waals surface area contributed by atoms with E-state index in [9.17, 15) is 9.18 Å². The number of amides is 1. The van der Waals surface area contributed by atoms with Gasteiger partial charge in [0.1, 0.15) is 5.82 Å². The van der Waals surface area contributed by atoms with Gasteiger partial charge in [0.2, 0.25) is 5.91 Å². The van der Waals surface area contributed by atoms with Gasteiger partial charge in [0.05, 0.1) is 0 Å². The fraction of sp³-hybridized carbons (Fsp3) is 0.562. The monoisotopic (exact) mass is 293 g/mol. The predicted molar refractivity (Wildman–Crippen MR) is 82.8 cm³/mol. The van der Waals surface area contributed by atoms with Crippen molar-refractivity contribution in [1.29, 1.82) is 0 Å². The third-order valence-corrected chi connectivity index (χ3v) is 3.63. The molecule has 0 aliphatic carbocycles. The second-order valence-electron chi connectivity index (χ2n) is 6.61. The molecule has 0 spiro atoms. The van der Waals surface area contributed by atoms with Gasteiger partial charge in [-0.2, -0.15) is 0 Å². The van der Waals surface area contributed by atoms with Crippen molar-refractivity contribution in [3.63, 3.8) is 0 Å². The molecule has 0 saturated carbocycles. The van der Waals surface area contributed by atoms with Gasteiger partial charge in [-0.05, 0) is 44.9 Å². The van der Waals surface area contributed by atoms with Crippen LogP contribution in [0.3, 0.4) is 0 Å². The largest absolute Gasteiger partial charge is 0.366 e. The van der Waals surface area contributed by atoms with E-state index in [-0.39, 0.29) is 23.3 Å². The maximum absolute atomic E-state index is 13.5. The highest BCUT2D eigenvalue weighted by atomic mass is 19.1. The minimum Gasteiger partial charge on any atom is -0.366 e. The number of halogens is 1. The van der Waals surface area contributed by atoms with Gasteiger partial charge in [-0.15, -0.1) is 0 Å². The first-order valence-electron chi connectivity index (χ1n) is 7.36. The quantitative estimate of drug-likeness (QED) is 0.890. The second kappa shape index (κ2) is 6.02. The Balaban J connectivity index is 2.10. The van der Waals surface area contributed by atoms with Crippen molar-refractivity contribution >= 4 is 11.6 Å². The molecule has 1 aliphatic heterocycles. The van der Waals surface area contributed by atoms with Crippen molar-refractivity contribution in [3.8, 4) is 0 Å². The minimum absolute atomic E-state index is 0.0252. The maximum Gasteiger partial charge on any atom is 0.222 e. The van der Waals surface area contributed by atoms with E-state index in [1.165, 1.54) is 12.1 Å². The van der Waals surface area contributed by atoms with Crippen molar-refractivity contribution in [2.45, 2.75) is 45.2 Å². The molecule has 116 valence electrons. The van der Waals surface area contributed by atoms with Crippen LogP contribution in [0.25, 0.3) is 0 Å². The summed E-state index contributed by atoms with van der Waals surface area (Å²) in [5.74, 6) is -0.279. The number of benzene rings is 1. The van der Waals surface area contributed by atoms with Gasteiger partial charge in [-0.25, -0.2) is 4.39 Å².